The molecule has 1 aliphatic rings. The van der Waals surface area contributed by atoms with Crippen molar-refractivity contribution in [1.82, 2.24) is 14.9 Å². The maximum absolute atomic E-state index is 12.2. The van der Waals surface area contributed by atoms with Crippen LogP contribution in [0.3, 0.4) is 0 Å². The minimum Gasteiger partial charge on any atom is -0.365 e. The quantitative estimate of drug-likeness (QED) is 0.942. The Hall–Kier alpha value is -2.43. The molecule has 1 amide bonds. The van der Waals surface area contributed by atoms with Gasteiger partial charge in [0.1, 0.15) is 11.5 Å². The summed E-state index contributed by atoms with van der Waals surface area (Å²) >= 11 is 0. The standard InChI is InChI=1S/C17H20N4O/c1-13-5-4-6-14(9-13)10-19-16-12-18-15(11-20-16)17(22)21-7-2-3-8-21/h4-6,9,11-12H,2-3,7-8,10H2,1H3,(H,19,20). The Bertz CT molecular complexity index is 648. The molecule has 22 heavy (non-hydrogen) atoms. The van der Waals surface area contributed by atoms with Crippen molar-refractivity contribution in [1.29, 1.82) is 0 Å². The summed E-state index contributed by atoms with van der Waals surface area (Å²) in [5, 5.41) is 3.23. The van der Waals surface area contributed by atoms with Gasteiger partial charge in [0, 0.05) is 19.6 Å². The number of nitrogens with one attached hydrogen (secondary N) is 1. The minimum absolute atomic E-state index is 0.0183. The Kier molecular flexibility index (Phi) is 4.32. The summed E-state index contributed by atoms with van der Waals surface area (Å²) in [5.41, 5.74) is 2.85. The van der Waals surface area contributed by atoms with Crippen molar-refractivity contribution in [2.24, 2.45) is 0 Å². The summed E-state index contributed by atoms with van der Waals surface area (Å²) in [6, 6.07) is 8.31. The zero-order valence-electron chi connectivity index (χ0n) is 12.7. The molecule has 1 saturated heterocycles. The highest BCUT2D eigenvalue weighted by Gasteiger charge is 2.20. The first kappa shape index (κ1) is 14.5. The molecule has 1 fully saturated rings. The molecule has 0 radical (unpaired) electrons. The molecule has 5 heteroatoms. The highest BCUT2D eigenvalue weighted by atomic mass is 16.2. The van der Waals surface area contributed by atoms with Gasteiger partial charge in [0.15, 0.2) is 0 Å². The van der Waals surface area contributed by atoms with E-state index < -0.39 is 0 Å². The molecule has 3 rings (SSSR count). The second-order valence-electron chi connectivity index (χ2n) is 5.63. The van der Waals surface area contributed by atoms with Gasteiger partial charge in [0.2, 0.25) is 0 Å². The van der Waals surface area contributed by atoms with Gasteiger partial charge < -0.3 is 10.2 Å². The van der Waals surface area contributed by atoms with Crippen molar-refractivity contribution >= 4 is 11.7 Å². The van der Waals surface area contributed by atoms with Crippen LogP contribution in [0.15, 0.2) is 36.7 Å². The van der Waals surface area contributed by atoms with Gasteiger partial charge in [-0.1, -0.05) is 29.8 Å². The van der Waals surface area contributed by atoms with Crippen LogP contribution in [0.1, 0.15) is 34.5 Å². The fraction of sp³-hybridized carbons (Fsp3) is 0.353. The van der Waals surface area contributed by atoms with Crippen molar-refractivity contribution in [3.63, 3.8) is 0 Å². The van der Waals surface area contributed by atoms with Crippen molar-refractivity contribution in [3.8, 4) is 0 Å². The van der Waals surface area contributed by atoms with E-state index in [1.165, 1.54) is 11.1 Å². The number of anilines is 1. The Labute approximate surface area is 130 Å². The molecule has 114 valence electrons. The van der Waals surface area contributed by atoms with Gasteiger partial charge in [0.05, 0.1) is 12.4 Å². The number of nitrogens with zero attached hydrogens (tertiary/aromatic N) is 3. The number of hydrogen-bond donors (Lipinski definition) is 1. The monoisotopic (exact) mass is 296 g/mol. The molecule has 1 aliphatic heterocycles. The number of carbonyl (C=O) groups excluding carboxylic acids is 1. The Balaban J connectivity index is 1.60. The zero-order valence-corrected chi connectivity index (χ0v) is 12.7. The first-order chi connectivity index (χ1) is 10.7. The number of amides is 1. The van der Waals surface area contributed by atoms with Gasteiger partial charge in [-0.15, -0.1) is 0 Å². The van der Waals surface area contributed by atoms with Gasteiger partial charge in [-0.3, -0.25) is 4.79 Å². The molecular formula is C17H20N4O. The molecule has 5 nitrogen and oxygen atoms in total. The SMILES string of the molecule is Cc1cccc(CNc2cnc(C(=O)N3CCCC3)cn2)c1. The maximum atomic E-state index is 12.2. The summed E-state index contributed by atoms with van der Waals surface area (Å²) in [5.74, 6) is 0.662. The largest absolute Gasteiger partial charge is 0.365 e. The smallest absolute Gasteiger partial charge is 0.274 e. The van der Waals surface area contributed by atoms with Gasteiger partial charge >= 0.3 is 0 Å². The molecule has 0 spiro atoms. The number of benzene rings is 1. The lowest BCUT2D eigenvalue weighted by Crippen LogP contribution is -2.28. The van der Waals surface area contributed by atoms with E-state index in [0.717, 1.165) is 25.9 Å². The second-order valence-corrected chi connectivity index (χ2v) is 5.63. The van der Waals surface area contributed by atoms with Gasteiger partial charge in [-0.2, -0.15) is 0 Å². The third-order valence-electron chi connectivity index (χ3n) is 3.82. The number of aryl methyl sites for hydroxylation is 1. The van der Waals surface area contributed by atoms with E-state index >= 15 is 0 Å². The number of aromatic nitrogens is 2. The normalized spacial score (nSPS) is 14.1. The highest BCUT2D eigenvalue weighted by molar-refractivity contribution is 5.92. The topological polar surface area (TPSA) is 58.1 Å². The van der Waals surface area contributed by atoms with E-state index in [0.29, 0.717) is 18.1 Å². The molecule has 1 aromatic heterocycles. The molecule has 0 bridgehead atoms. The van der Waals surface area contributed by atoms with E-state index in [-0.39, 0.29) is 5.91 Å². The summed E-state index contributed by atoms with van der Waals surface area (Å²) in [7, 11) is 0. The van der Waals surface area contributed by atoms with E-state index in [4.69, 9.17) is 0 Å². The minimum atomic E-state index is -0.0183. The fourth-order valence-electron chi connectivity index (χ4n) is 2.63. The predicted molar refractivity (Wildman–Crippen MR) is 85.7 cm³/mol. The van der Waals surface area contributed by atoms with Crippen LogP contribution in [0.25, 0.3) is 0 Å². The van der Waals surface area contributed by atoms with Crippen LogP contribution in [0.5, 0.6) is 0 Å². The molecule has 1 aromatic carbocycles. The van der Waals surface area contributed by atoms with Crippen LogP contribution in [0, 0.1) is 6.92 Å². The molecule has 0 atom stereocenters. The molecule has 2 heterocycles. The summed E-state index contributed by atoms with van der Waals surface area (Å²) < 4.78 is 0. The number of hydrogen-bond acceptors (Lipinski definition) is 4. The van der Waals surface area contributed by atoms with Crippen LogP contribution in [-0.4, -0.2) is 33.9 Å². The predicted octanol–water partition coefficient (Wildman–Crippen LogP) is 2.63. The molecule has 2 aromatic rings. The second kappa shape index (κ2) is 6.56. The lowest BCUT2D eigenvalue weighted by atomic mass is 10.1. The number of likely N-dealkylation sites (tertiary alicyclic amines) is 1. The summed E-state index contributed by atoms with van der Waals surface area (Å²) in [6.45, 7) is 4.42. The van der Waals surface area contributed by atoms with E-state index in [1.54, 1.807) is 12.4 Å². The Morgan fingerprint density at radius 3 is 2.73 bits per heavy atom. The molecule has 0 aliphatic carbocycles. The van der Waals surface area contributed by atoms with Crippen molar-refractivity contribution in [3.05, 3.63) is 53.5 Å². The Morgan fingerprint density at radius 2 is 2.05 bits per heavy atom. The lowest BCUT2D eigenvalue weighted by Gasteiger charge is -2.14. The Morgan fingerprint density at radius 1 is 1.23 bits per heavy atom. The van der Waals surface area contributed by atoms with Gasteiger partial charge in [0.25, 0.3) is 5.91 Å². The average Bonchev–Trinajstić information content (AvgIpc) is 3.07. The fourth-order valence-corrected chi connectivity index (χ4v) is 2.63. The van der Waals surface area contributed by atoms with Crippen LogP contribution in [-0.2, 0) is 6.54 Å². The van der Waals surface area contributed by atoms with Crippen LogP contribution in [0.4, 0.5) is 5.82 Å². The van der Waals surface area contributed by atoms with Crippen LogP contribution in [0.2, 0.25) is 0 Å². The van der Waals surface area contributed by atoms with Crippen LogP contribution >= 0.6 is 0 Å². The zero-order chi connectivity index (χ0) is 15.4. The first-order valence-electron chi connectivity index (χ1n) is 7.63. The number of rotatable bonds is 4. The van der Waals surface area contributed by atoms with Gasteiger partial charge in [-0.05, 0) is 25.3 Å². The average molecular weight is 296 g/mol. The molecule has 1 N–H and O–H groups in total. The van der Waals surface area contributed by atoms with Crippen molar-refractivity contribution in [2.75, 3.05) is 18.4 Å². The van der Waals surface area contributed by atoms with E-state index in [1.807, 2.05) is 11.0 Å². The third-order valence-corrected chi connectivity index (χ3v) is 3.82. The molecular weight excluding hydrogens is 276 g/mol. The number of carbonyl (C=O) groups is 1. The highest BCUT2D eigenvalue weighted by Crippen LogP contribution is 2.12. The van der Waals surface area contributed by atoms with E-state index in [9.17, 15) is 4.79 Å². The third kappa shape index (κ3) is 3.42. The summed E-state index contributed by atoms with van der Waals surface area (Å²) in [4.78, 5) is 22.5. The van der Waals surface area contributed by atoms with Gasteiger partial charge in [-0.25, -0.2) is 9.97 Å². The van der Waals surface area contributed by atoms with Crippen molar-refractivity contribution in [2.45, 2.75) is 26.3 Å². The van der Waals surface area contributed by atoms with Crippen molar-refractivity contribution < 1.29 is 4.79 Å². The maximum Gasteiger partial charge on any atom is 0.274 e. The lowest BCUT2D eigenvalue weighted by molar-refractivity contribution is 0.0786. The van der Waals surface area contributed by atoms with E-state index in [2.05, 4.69) is 40.4 Å². The molecule has 0 unspecified atom stereocenters. The first-order valence-corrected chi connectivity index (χ1v) is 7.63. The summed E-state index contributed by atoms with van der Waals surface area (Å²) in [6.07, 6.45) is 5.34. The molecule has 0 saturated carbocycles. The van der Waals surface area contributed by atoms with Crippen LogP contribution < -0.4 is 5.32 Å².